The molecule has 0 N–H and O–H groups in total. The lowest BCUT2D eigenvalue weighted by molar-refractivity contribution is 0.252. The van der Waals surface area contributed by atoms with Crippen LogP contribution in [0.15, 0.2) is 24.3 Å². The number of methoxy groups -OCH3 is 1. The molecule has 0 saturated carbocycles. The molecule has 1 aromatic carbocycles. The Bertz CT molecular complexity index is 624. The summed E-state index contributed by atoms with van der Waals surface area (Å²) in [5.74, 6) is 0.928. The highest BCUT2D eigenvalue weighted by Crippen LogP contribution is 2.24. The van der Waals surface area contributed by atoms with Crippen molar-refractivity contribution in [3.8, 4) is 5.75 Å². The van der Waals surface area contributed by atoms with Crippen molar-refractivity contribution >= 4 is 11.6 Å². The highest BCUT2D eigenvalue weighted by Gasteiger charge is 2.16. The average molecular weight is 322 g/mol. The highest BCUT2D eigenvalue weighted by atomic mass is 35.5. The molecule has 22 heavy (non-hydrogen) atoms. The SMILES string of the molecule is CCCN(Cc1ccccc1OC)Cc1c(C)nn(C)c1Cl. The third kappa shape index (κ3) is 3.81. The second-order valence-electron chi connectivity index (χ2n) is 5.50. The Morgan fingerprint density at radius 3 is 2.59 bits per heavy atom. The average Bonchev–Trinajstić information content (AvgIpc) is 2.74. The molecule has 0 fully saturated rings. The molecule has 0 aliphatic heterocycles. The second kappa shape index (κ2) is 7.65. The zero-order valence-electron chi connectivity index (χ0n) is 13.8. The van der Waals surface area contributed by atoms with Crippen LogP contribution in [0.5, 0.6) is 5.75 Å². The maximum Gasteiger partial charge on any atom is 0.131 e. The summed E-state index contributed by atoms with van der Waals surface area (Å²) in [5, 5.41) is 5.12. The number of halogens is 1. The smallest absolute Gasteiger partial charge is 0.131 e. The fourth-order valence-corrected chi connectivity index (χ4v) is 2.92. The minimum Gasteiger partial charge on any atom is -0.496 e. The van der Waals surface area contributed by atoms with E-state index < -0.39 is 0 Å². The van der Waals surface area contributed by atoms with Gasteiger partial charge in [0.1, 0.15) is 10.9 Å². The minimum atomic E-state index is 0.721. The predicted octanol–water partition coefficient (Wildman–Crippen LogP) is 3.80. The zero-order chi connectivity index (χ0) is 16.1. The van der Waals surface area contributed by atoms with Crippen molar-refractivity contribution in [2.75, 3.05) is 13.7 Å². The lowest BCUT2D eigenvalue weighted by Crippen LogP contribution is -2.24. The Balaban J connectivity index is 2.19. The Labute approximate surface area is 137 Å². The molecule has 0 unspecified atom stereocenters. The van der Waals surface area contributed by atoms with Crippen molar-refractivity contribution < 1.29 is 4.74 Å². The van der Waals surface area contributed by atoms with Gasteiger partial charge in [-0.3, -0.25) is 9.58 Å². The zero-order valence-corrected chi connectivity index (χ0v) is 14.5. The van der Waals surface area contributed by atoms with Gasteiger partial charge in [-0.15, -0.1) is 0 Å². The highest BCUT2D eigenvalue weighted by molar-refractivity contribution is 6.30. The van der Waals surface area contributed by atoms with E-state index in [1.807, 2.05) is 32.2 Å². The summed E-state index contributed by atoms with van der Waals surface area (Å²) >= 11 is 6.37. The van der Waals surface area contributed by atoms with E-state index in [4.69, 9.17) is 16.3 Å². The van der Waals surface area contributed by atoms with Gasteiger partial charge in [0.25, 0.3) is 0 Å². The van der Waals surface area contributed by atoms with Crippen LogP contribution in [-0.2, 0) is 20.1 Å². The first-order chi connectivity index (χ1) is 10.6. The van der Waals surface area contributed by atoms with Crippen molar-refractivity contribution in [1.29, 1.82) is 0 Å². The van der Waals surface area contributed by atoms with E-state index in [0.717, 1.165) is 48.2 Å². The first kappa shape index (κ1) is 16.8. The third-order valence-corrected chi connectivity index (χ3v) is 4.25. The molecule has 4 nitrogen and oxygen atoms in total. The fourth-order valence-electron chi connectivity index (χ4n) is 2.68. The second-order valence-corrected chi connectivity index (χ2v) is 5.86. The summed E-state index contributed by atoms with van der Waals surface area (Å²) < 4.78 is 7.19. The molecule has 0 radical (unpaired) electrons. The van der Waals surface area contributed by atoms with Crippen LogP contribution in [-0.4, -0.2) is 28.3 Å². The van der Waals surface area contributed by atoms with Crippen molar-refractivity contribution in [1.82, 2.24) is 14.7 Å². The molecule has 120 valence electrons. The standard InChI is InChI=1S/C17H24ClN3O/c1-5-10-21(11-14-8-6-7-9-16(14)22-4)12-15-13(2)19-20(3)17(15)18/h6-9H,5,10-12H2,1-4H3. The quantitative estimate of drug-likeness (QED) is 0.777. The molecule has 2 aromatic rings. The summed E-state index contributed by atoms with van der Waals surface area (Å²) in [6, 6.07) is 8.15. The van der Waals surface area contributed by atoms with E-state index in [-0.39, 0.29) is 0 Å². The van der Waals surface area contributed by atoms with Gasteiger partial charge in [0.2, 0.25) is 0 Å². The molecule has 2 rings (SSSR count). The number of benzene rings is 1. The molecule has 0 amide bonds. The molecule has 0 spiro atoms. The fraction of sp³-hybridized carbons (Fsp3) is 0.471. The van der Waals surface area contributed by atoms with E-state index in [0.29, 0.717) is 0 Å². The monoisotopic (exact) mass is 321 g/mol. The van der Waals surface area contributed by atoms with Crippen LogP contribution in [0.2, 0.25) is 5.15 Å². The van der Waals surface area contributed by atoms with Crippen LogP contribution in [0.4, 0.5) is 0 Å². The first-order valence-corrected chi connectivity index (χ1v) is 7.96. The van der Waals surface area contributed by atoms with Gasteiger partial charge in [0.05, 0.1) is 12.8 Å². The number of para-hydroxylation sites is 1. The molecule has 1 aromatic heterocycles. The molecular formula is C17H24ClN3O. The summed E-state index contributed by atoms with van der Waals surface area (Å²) in [4.78, 5) is 2.38. The number of nitrogens with zero attached hydrogens (tertiary/aromatic N) is 3. The van der Waals surface area contributed by atoms with Crippen LogP contribution < -0.4 is 4.74 Å². The lowest BCUT2D eigenvalue weighted by Gasteiger charge is -2.23. The van der Waals surface area contributed by atoms with Gasteiger partial charge in [-0.25, -0.2) is 0 Å². The van der Waals surface area contributed by atoms with Crippen LogP contribution in [0.25, 0.3) is 0 Å². The molecular weight excluding hydrogens is 298 g/mol. The van der Waals surface area contributed by atoms with Gasteiger partial charge in [-0.05, 0) is 26.0 Å². The van der Waals surface area contributed by atoms with E-state index in [2.05, 4.69) is 23.0 Å². The van der Waals surface area contributed by atoms with Crippen molar-refractivity contribution in [2.24, 2.45) is 7.05 Å². The Morgan fingerprint density at radius 2 is 2.00 bits per heavy atom. The van der Waals surface area contributed by atoms with Crippen LogP contribution in [0.3, 0.4) is 0 Å². The number of aromatic nitrogens is 2. The van der Waals surface area contributed by atoms with Gasteiger partial charge in [0.15, 0.2) is 0 Å². The van der Waals surface area contributed by atoms with Gasteiger partial charge >= 0.3 is 0 Å². The maximum atomic E-state index is 6.37. The Hall–Kier alpha value is -1.52. The van der Waals surface area contributed by atoms with Crippen LogP contribution in [0, 0.1) is 6.92 Å². The van der Waals surface area contributed by atoms with E-state index in [9.17, 15) is 0 Å². The van der Waals surface area contributed by atoms with E-state index in [1.165, 1.54) is 5.56 Å². The predicted molar refractivity (Wildman–Crippen MR) is 90.4 cm³/mol. The van der Waals surface area contributed by atoms with E-state index in [1.54, 1.807) is 11.8 Å². The molecule has 0 aliphatic rings. The van der Waals surface area contributed by atoms with Gasteiger partial charge in [-0.1, -0.05) is 36.7 Å². The molecule has 1 heterocycles. The van der Waals surface area contributed by atoms with Gasteiger partial charge in [0, 0.05) is 31.3 Å². The lowest BCUT2D eigenvalue weighted by atomic mass is 10.1. The summed E-state index contributed by atoms with van der Waals surface area (Å²) in [6.07, 6.45) is 1.09. The molecule has 5 heteroatoms. The normalized spacial score (nSPS) is 11.2. The third-order valence-electron chi connectivity index (χ3n) is 3.78. The summed E-state index contributed by atoms with van der Waals surface area (Å²) in [7, 11) is 3.59. The number of rotatable bonds is 7. The molecule has 0 aliphatic carbocycles. The van der Waals surface area contributed by atoms with E-state index >= 15 is 0 Å². The van der Waals surface area contributed by atoms with Crippen molar-refractivity contribution in [2.45, 2.75) is 33.4 Å². The maximum absolute atomic E-state index is 6.37. The molecule has 0 saturated heterocycles. The van der Waals surface area contributed by atoms with Gasteiger partial charge in [-0.2, -0.15) is 5.10 Å². The summed E-state index contributed by atoms with van der Waals surface area (Å²) in [5.41, 5.74) is 3.29. The van der Waals surface area contributed by atoms with Crippen LogP contribution in [0.1, 0.15) is 30.2 Å². The topological polar surface area (TPSA) is 30.3 Å². The molecule has 0 atom stereocenters. The largest absolute Gasteiger partial charge is 0.496 e. The number of hydrogen-bond donors (Lipinski definition) is 0. The Morgan fingerprint density at radius 1 is 1.27 bits per heavy atom. The minimum absolute atomic E-state index is 0.721. The number of ether oxygens (including phenoxy) is 1. The number of aryl methyl sites for hydroxylation is 2. The van der Waals surface area contributed by atoms with Crippen LogP contribution >= 0.6 is 11.6 Å². The first-order valence-electron chi connectivity index (χ1n) is 7.59. The van der Waals surface area contributed by atoms with Crippen molar-refractivity contribution in [3.05, 3.63) is 46.2 Å². The van der Waals surface area contributed by atoms with Crippen molar-refractivity contribution in [3.63, 3.8) is 0 Å². The molecule has 0 bridgehead atoms. The Kier molecular flexibility index (Phi) is 5.86. The summed E-state index contributed by atoms with van der Waals surface area (Å²) in [6.45, 7) is 6.83. The van der Waals surface area contributed by atoms with Gasteiger partial charge < -0.3 is 4.74 Å². The number of hydrogen-bond acceptors (Lipinski definition) is 3.